The predicted molar refractivity (Wildman–Crippen MR) is 193 cm³/mol. The smallest absolute Gasteiger partial charge is 0.151 e. The van der Waals surface area contributed by atoms with Crippen molar-refractivity contribution in [1.29, 1.82) is 0 Å². The number of hydrogen-bond acceptors (Lipinski definition) is 13. The molecule has 3 saturated carbocycles. The summed E-state index contributed by atoms with van der Waals surface area (Å²) in [5.74, 6) is 5.46. The van der Waals surface area contributed by atoms with E-state index in [0.717, 1.165) is 48.3 Å². The average Bonchev–Trinajstić information content (AvgIpc) is 3.50. The van der Waals surface area contributed by atoms with Crippen molar-refractivity contribution in [2.45, 2.75) is 160 Å². The number of carbonyl (C=O) groups is 2. The molecule has 13 heteroatoms. The van der Waals surface area contributed by atoms with Gasteiger partial charge in [-0.1, -0.05) is 65.5 Å². The molecule has 0 bridgehead atoms. The first-order valence-corrected chi connectivity index (χ1v) is 19.3. The minimum Gasteiger partial charge on any atom is -0.394 e. The maximum atomic E-state index is 10.2. The summed E-state index contributed by atoms with van der Waals surface area (Å²) >= 11 is 0. The molecular weight excluding hydrogens is 676 g/mol. The zero-order valence-electron chi connectivity index (χ0n) is 31.8. The van der Waals surface area contributed by atoms with Crippen molar-refractivity contribution in [2.24, 2.45) is 46.3 Å². The van der Waals surface area contributed by atoms with E-state index in [-0.39, 0.29) is 18.7 Å². The number of aliphatic hydroxyl groups is 11. The second-order valence-corrected chi connectivity index (χ2v) is 16.9. The molecule has 4 rings (SSSR count). The Morgan fingerprint density at radius 3 is 1.75 bits per heavy atom. The highest BCUT2D eigenvalue weighted by Gasteiger charge is 2.59. The lowest BCUT2D eigenvalue weighted by Crippen LogP contribution is -2.50. The van der Waals surface area contributed by atoms with Crippen LogP contribution in [-0.2, 0) is 9.59 Å². The second-order valence-electron chi connectivity index (χ2n) is 16.9. The van der Waals surface area contributed by atoms with E-state index >= 15 is 0 Å². The van der Waals surface area contributed by atoms with E-state index in [9.17, 15) is 14.7 Å². The van der Waals surface area contributed by atoms with Crippen molar-refractivity contribution in [1.82, 2.24) is 0 Å². The molecule has 4 aliphatic rings. The Morgan fingerprint density at radius 1 is 0.731 bits per heavy atom. The summed E-state index contributed by atoms with van der Waals surface area (Å²) in [6.45, 7) is 11.0. The lowest BCUT2D eigenvalue weighted by Gasteiger charge is -2.58. The van der Waals surface area contributed by atoms with E-state index in [2.05, 4.69) is 40.7 Å². The van der Waals surface area contributed by atoms with E-state index in [4.69, 9.17) is 51.1 Å². The van der Waals surface area contributed by atoms with Crippen LogP contribution in [0.5, 0.6) is 0 Å². The Kier molecular flexibility index (Phi) is 19.0. The number of fused-ring (bicyclic) bond motifs is 5. The van der Waals surface area contributed by atoms with Crippen LogP contribution in [0.2, 0.25) is 0 Å². The molecule has 0 aromatic heterocycles. The van der Waals surface area contributed by atoms with E-state index < -0.39 is 62.0 Å². The van der Waals surface area contributed by atoms with Crippen molar-refractivity contribution in [3.63, 3.8) is 0 Å². The summed E-state index contributed by atoms with van der Waals surface area (Å²) in [5.41, 5.74) is 2.60. The summed E-state index contributed by atoms with van der Waals surface area (Å²) in [6.07, 6.45) is 3.48. The Balaban J connectivity index is 0.000000325. The van der Waals surface area contributed by atoms with Crippen LogP contribution in [0.25, 0.3) is 0 Å². The first-order chi connectivity index (χ1) is 24.3. The van der Waals surface area contributed by atoms with E-state index in [1.807, 2.05) is 0 Å². The first kappa shape index (κ1) is 46.8. The molecule has 4 aliphatic carbocycles. The normalized spacial score (nSPS) is 34.8. The van der Waals surface area contributed by atoms with Gasteiger partial charge < -0.3 is 65.8 Å². The molecule has 0 radical (unpaired) electrons. The third-order valence-corrected chi connectivity index (χ3v) is 13.1. The zero-order chi connectivity index (χ0) is 39.6. The lowest BCUT2D eigenvalue weighted by atomic mass is 9.47. The maximum absolute atomic E-state index is 10.2. The Labute approximate surface area is 309 Å². The van der Waals surface area contributed by atoms with Crippen LogP contribution in [0.1, 0.15) is 105 Å². The van der Waals surface area contributed by atoms with Crippen LogP contribution >= 0.6 is 0 Å². The van der Waals surface area contributed by atoms with Gasteiger partial charge in [-0.15, -0.1) is 0 Å². The Hall–Kier alpha value is -1.36. The molecule has 9 unspecified atom stereocenters. The fourth-order valence-corrected chi connectivity index (χ4v) is 9.90. The van der Waals surface area contributed by atoms with Gasteiger partial charge in [0.15, 0.2) is 12.6 Å². The molecule has 304 valence electrons. The van der Waals surface area contributed by atoms with Crippen molar-refractivity contribution in [3.05, 3.63) is 11.6 Å². The van der Waals surface area contributed by atoms with Gasteiger partial charge in [-0.3, -0.25) is 0 Å². The van der Waals surface area contributed by atoms with E-state index in [1.165, 1.54) is 57.8 Å². The van der Waals surface area contributed by atoms with Crippen LogP contribution < -0.4 is 0 Å². The molecule has 0 heterocycles. The number of aldehydes is 2. The number of hydrogen-bond donors (Lipinski definition) is 11. The monoisotopic (exact) mass is 746 g/mol. The third kappa shape index (κ3) is 11.3. The van der Waals surface area contributed by atoms with Crippen molar-refractivity contribution >= 4 is 12.6 Å². The summed E-state index contributed by atoms with van der Waals surface area (Å²) in [4.78, 5) is 19.8. The van der Waals surface area contributed by atoms with Gasteiger partial charge in [-0.2, -0.15) is 0 Å². The molecule has 0 spiro atoms. The minimum absolute atomic E-state index is 0.0258. The molecule has 0 aromatic carbocycles. The van der Waals surface area contributed by atoms with Gasteiger partial charge in [0.25, 0.3) is 0 Å². The molecule has 11 N–H and O–H groups in total. The number of aliphatic hydroxyl groups excluding tert-OH is 11. The van der Waals surface area contributed by atoms with Crippen LogP contribution in [0.3, 0.4) is 0 Å². The zero-order valence-corrected chi connectivity index (χ0v) is 31.8. The summed E-state index contributed by atoms with van der Waals surface area (Å²) in [6, 6.07) is 0. The fraction of sp³-hybridized carbons (Fsp3) is 0.897. The van der Waals surface area contributed by atoms with Crippen LogP contribution in [0, 0.1) is 46.3 Å². The topological polar surface area (TPSA) is 257 Å². The van der Waals surface area contributed by atoms with Gasteiger partial charge in [0.2, 0.25) is 0 Å². The highest BCUT2D eigenvalue weighted by Crippen LogP contribution is 2.67. The van der Waals surface area contributed by atoms with Gasteiger partial charge in [-0.25, -0.2) is 0 Å². The molecule has 52 heavy (non-hydrogen) atoms. The molecule has 13 nitrogen and oxygen atoms in total. The fourth-order valence-electron chi connectivity index (χ4n) is 9.90. The number of carbonyl (C=O) groups excluding carboxylic acids is 2. The Morgan fingerprint density at radius 2 is 1.27 bits per heavy atom. The van der Waals surface area contributed by atoms with Crippen molar-refractivity contribution < 1.29 is 65.8 Å². The van der Waals surface area contributed by atoms with Crippen molar-refractivity contribution in [3.8, 4) is 0 Å². The number of rotatable bonds is 15. The average molecular weight is 747 g/mol. The van der Waals surface area contributed by atoms with E-state index in [0.29, 0.717) is 10.8 Å². The highest BCUT2D eigenvalue weighted by atomic mass is 16.4. The van der Waals surface area contributed by atoms with E-state index in [1.54, 1.807) is 5.57 Å². The molecule has 0 aromatic rings. The lowest BCUT2D eigenvalue weighted by molar-refractivity contribution is -0.136. The third-order valence-electron chi connectivity index (χ3n) is 13.1. The molecular formula is C39H70O13. The van der Waals surface area contributed by atoms with Gasteiger partial charge in [0, 0.05) is 0 Å². The molecule has 0 aliphatic heterocycles. The van der Waals surface area contributed by atoms with Crippen LogP contribution in [0.4, 0.5) is 0 Å². The second kappa shape index (κ2) is 21.1. The quantitative estimate of drug-likeness (QED) is 0.0813. The van der Waals surface area contributed by atoms with Crippen LogP contribution in [0.15, 0.2) is 11.6 Å². The van der Waals surface area contributed by atoms with Gasteiger partial charge in [-0.05, 0) is 97.7 Å². The predicted octanol–water partition coefficient (Wildman–Crippen LogP) is 0.631. The molecule has 0 amide bonds. The highest BCUT2D eigenvalue weighted by molar-refractivity contribution is 5.57. The standard InChI is InChI=1S/C27H46O.2C6H12O6/c1-18(2)7-6-8-19(3)23-11-12-24-22-10-9-20-17-21(28)13-15-26(20,4)25(22)14-16-27(23,24)5;2*7-1-3(9)5(11)6(12)4(10)2-8/h9,18-19,21-25,28H,6-8,10-17H2,1-5H3;2*1,3-6,8-12H,2H2/t19?,21-,22-,23+,24-,25-,26-,27+;;/m0../s1. The number of allylic oxidation sites excluding steroid dienone is 1. The SMILES string of the molecule is CC(C)CCCC(C)[C@H]1CC[C@H]2[C@@H]3CC=C4C[C@@H](O)CC[C@]4(C)[C@H]3CC[C@]12C.O=CC(O)C(O)C(O)C(O)CO.O=CC(O)C(O)C(O)C(O)CO. The van der Waals surface area contributed by atoms with Gasteiger partial charge in [0.05, 0.1) is 19.3 Å². The summed E-state index contributed by atoms with van der Waals surface area (Å²) < 4.78 is 0. The molecule has 0 saturated heterocycles. The molecule has 3 fully saturated rings. The van der Waals surface area contributed by atoms with Crippen LogP contribution in [-0.4, -0.2) is 137 Å². The maximum Gasteiger partial charge on any atom is 0.151 e. The van der Waals surface area contributed by atoms with Crippen molar-refractivity contribution in [2.75, 3.05) is 13.2 Å². The van der Waals surface area contributed by atoms with Gasteiger partial charge >= 0.3 is 0 Å². The molecule has 16 atom stereocenters. The Bertz CT molecular complexity index is 1070. The first-order valence-electron chi connectivity index (χ1n) is 19.3. The van der Waals surface area contributed by atoms with Gasteiger partial charge in [0.1, 0.15) is 48.8 Å². The minimum atomic E-state index is -1.79. The largest absolute Gasteiger partial charge is 0.394 e. The summed E-state index contributed by atoms with van der Waals surface area (Å²) in [7, 11) is 0. The summed E-state index contributed by atoms with van der Waals surface area (Å²) in [5, 5.41) is 97.3.